The fourth-order valence-corrected chi connectivity index (χ4v) is 3.40. The number of carbonyl (C=O) groups excluding carboxylic acids is 4. The first kappa shape index (κ1) is 26.7. The maximum Gasteiger partial charge on any atom is 0.414 e. The largest absolute Gasteiger partial charge is 0.444 e. The lowest BCUT2D eigenvalue weighted by molar-refractivity contribution is -0.117. The molecule has 2 aliphatic rings. The van der Waals surface area contributed by atoms with Crippen molar-refractivity contribution in [2.24, 2.45) is 0 Å². The van der Waals surface area contributed by atoms with Crippen molar-refractivity contribution < 1.29 is 33.0 Å². The molecular weight excluding hydrogens is 480 g/mol. The van der Waals surface area contributed by atoms with Crippen LogP contribution < -0.4 is 15.1 Å². The third-order valence-electron chi connectivity index (χ3n) is 4.66. The Kier molecular flexibility index (Phi) is 8.90. The summed E-state index contributed by atoms with van der Waals surface area (Å²) in [5.74, 6) is -0.161. The zero-order valence-corrected chi connectivity index (χ0v) is 20.2. The number of ether oxygens (including phenoxy) is 2. The number of halogens is 3. The number of amides is 3. The Balaban J connectivity index is 0.000000890. The topological polar surface area (TPSA) is 105 Å². The number of rotatable bonds is 5. The number of nitrogens with one attached hydrogen (secondary N) is 1. The Bertz CT molecular complexity index is 920. The summed E-state index contributed by atoms with van der Waals surface area (Å²) >= 11 is 8.80. The van der Waals surface area contributed by atoms with Gasteiger partial charge in [0.2, 0.25) is 5.91 Å². The van der Waals surface area contributed by atoms with Gasteiger partial charge in [-0.1, -0.05) is 0 Å². The molecule has 0 bridgehead atoms. The van der Waals surface area contributed by atoms with Crippen LogP contribution in [-0.2, 0) is 20.7 Å². The van der Waals surface area contributed by atoms with Gasteiger partial charge in [0.1, 0.15) is 18.4 Å². The van der Waals surface area contributed by atoms with E-state index in [1.165, 1.54) is 9.80 Å². The lowest BCUT2D eigenvalue weighted by atomic mass is 10.1. The van der Waals surface area contributed by atoms with Crippen molar-refractivity contribution in [3.63, 3.8) is 0 Å². The first-order valence-corrected chi connectivity index (χ1v) is 10.9. The van der Waals surface area contributed by atoms with Crippen molar-refractivity contribution >= 4 is 57.4 Å². The second-order valence-corrected chi connectivity index (χ2v) is 9.36. The smallest absolute Gasteiger partial charge is 0.414 e. The molecule has 182 valence electrons. The van der Waals surface area contributed by atoms with Crippen LogP contribution in [0.5, 0.6) is 0 Å². The van der Waals surface area contributed by atoms with Gasteiger partial charge in [-0.3, -0.25) is 14.5 Å². The molecule has 1 fully saturated rings. The molecule has 3 rings (SSSR count). The van der Waals surface area contributed by atoms with E-state index in [0.29, 0.717) is 11.4 Å². The van der Waals surface area contributed by atoms with Crippen molar-refractivity contribution in [2.75, 3.05) is 29.6 Å². The molecule has 33 heavy (non-hydrogen) atoms. The summed E-state index contributed by atoms with van der Waals surface area (Å²) in [5.41, 5.74) is 1.39. The van der Waals surface area contributed by atoms with Gasteiger partial charge in [0, 0.05) is 11.4 Å². The molecule has 0 radical (unpaired) electrons. The Hall–Kier alpha value is -2.59. The summed E-state index contributed by atoms with van der Waals surface area (Å²) in [5, 5.41) is 2.59. The minimum Gasteiger partial charge on any atom is -0.444 e. The van der Waals surface area contributed by atoms with E-state index < -0.39 is 41.3 Å². The van der Waals surface area contributed by atoms with Gasteiger partial charge < -0.3 is 19.7 Å². The fraction of sp³-hybridized carbons (Fsp3) is 0.524. The average molecular weight is 506 g/mol. The van der Waals surface area contributed by atoms with Crippen molar-refractivity contribution in [3.8, 4) is 0 Å². The van der Waals surface area contributed by atoms with E-state index in [-0.39, 0.29) is 25.4 Å². The number of hydrogen-bond donors (Lipinski definition) is 1. The quantitative estimate of drug-likeness (QED) is 0.595. The van der Waals surface area contributed by atoms with Crippen LogP contribution in [0.25, 0.3) is 0 Å². The second kappa shape index (κ2) is 11.0. The molecular formula is C21H26Cl2FN3O6. The number of cyclic esters (lactones) is 1. The van der Waals surface area contributed by atoms with Gasteiger partial charge in [-0.25, -0.2) is 14.0 Å². The molecule has 1 aromatic carbocycles. The van der Waals surface area contributed by atoms with Crippen LogP contribution in [0.4, 0.5) is 30.1 Å². The summed E-state index contributed by atoms with van der Waals surface area (Å²) in [6.07, 6.45) is -1.46. The molecule has 9 nitrogen and oxygen atoms in total. The highest BCUT2D eigenvalue weighted by atomic mass is 35.5. The number of carbonyl (C=O) groups is 4. The third-order valence-corrected chi connectivity index (χ3v) is 4.66. The molecule has 1 unspecified atom stereocenters. The molecule has 0 spiro atoms. The standard InChI is InChI=1S/C20H26FN3O5.CCl2O/c1-12(9-21)24-16-6-5-14(7-13(16)8-17(24)25)23-11-15(28-19(23)27)10-22-18(26)29-20(2,3)4;2-1(3)4/h5-7,12,15H,8-11H2,1-4H3,(H,22,26);/t12?,15-;/m0./s1. The Morgan fingerprint density at radius 1 is 1.30 bits per heavy atom. The van der Waals surface area contributed by atoms with Crippen molar-refractivity contribution in [2.45, 2.75) is 51.9 Å². The van der Waals surface area contributed by atoms with E-state index in [2.05, 4.69) is 28.5 Å². The van der Waals surface area contributed by atoms with Gasteiger partial charge in [0.05, 0.1) is 25.6 Å². The monoisotopic (exact) mass is 505 g/mol. The zero-order valence-electron chi connectivity index (χ0n) is 18.7. The minimum atomic E-state index is -0.889. The Morgan fingerprint density at radius 2 is 1.94 bits per heavy atom. The van der Waals surface area contributed by atoms with E-state index in [0.717, 1.165) is 5.56 Å². The average Bonchev–Trinajstić information content (AvgIpc) is 3.22. The third kappa shape index (κ3) is 7.46. The Labute approximate surface area is 201 Å². The van der Waals surface area contributed by atoms with Gasteiger partial charge in [-0.2, -0.15) is 0 Å². The predicted molar refractivity (Wildman–Crippen MR) is 122 cm³/mol. The van der Waals surface area contributed by atoms with E-state index in [4.69, 9.17) is 14.3 Å². The van der Waals surface area contributed by atoms with Crippen molar-refractivity contribution in [3.05, 3.63) is 23.8 Å². The Morgan fingerprint density at radius 3 is 2.52 bits per heavy atom. The minimum absolute atomic E-state index is 0.127. The van der Waals surface area contributed by atoms with Gasteiger partial charge in [0.15, 0.2) is 0 Å². The van der Waals surface area contributed by atoms with Crippen molar-refractivity contribution in [1.82, 2.24) is 5.32 Å². The molecule has 0 saturated carbocycles. The van der Waals surface area contributed by atoms with E-state index in [1.807, 2.05) is 0 Å². The van der Waals surface area contributed by atoms with Crippen LogP contribution in [0.3, 0.4) is 0 Å². The van der Waals surface area contributed by atoms with Crippen LogP contribution >= 0.6 is 23.2 Å². The summed E-state index contributed by atoms with van der Waals surface area (Å²) in [7, 11) is 0. The van der Waals surface area contributed by atoms with Crippen LogP contribution in [0.2, 0.25) is 0 Å². The molecule has 2 heterocycles. The molecule has 12 heteroatoms. The molecule has 1 aromatic rings. The molecule has 0 aromatic heterocycles. The lowest BCUT2D eigenvalue weighted by Gasteiger charge is -2.23. The number of benzene rings is 1. The van der Waals surface area contributed by atoms with Crippen LogP contribution in [-0.4, -0.2) is 60.3 Å². The van der Waals surface area contributed by atoms with Crippen LogP contribution in [0, 0.1) is 0 Å². The first-order valence-electron chi connectivity index (χ1n) is 10.1. The van der Waals surface area contributed by atoms with Crippen LogP contribution in [0.15, 0.2) is 18.2 Å². The second-order valence-electron chi connectivity index (χ2n) is 8.48. The van der Waals surface area contributed by atoms with Gasteiger partial charge in [-0.05, 0) is 74.7 Å². The lowest BCUT2D eigenvalue weighted by Crippen LogP contribution is -2.38. The molecule has 3 amide bonds. The van der Waals surface area contributed by atoms with Crippen molar-refractivity contribution in [1.29, 1.82) is 0 Å². The number of fused-ring (bicyclic) bond motifs is 1. The summed E-state index contributed by atoms with van der Waals surface area (Å²) < 4.78 is 22.6. The number of alkyl halides is 1. The normalized spacial score (nSPS) is 18.2. The molecule has 0 aliphatic carbocycles. The summed E-state index contributed by atoms with van der Waals surface area (Å²) in [6.45, 7) is 6.70. The SMILES string of the molecule is CC(CF)N1C(=O)Cc2cc(N3C[C@H](CNC(=O)OC(C)(C)C)OC3=O)ccc21.O=C(Cl)Cl. The first-order chi connectivity index (χ1) is 15.3. The highest BCUT2D eigenvalue weighted by Gasteiger charge is 2.35. The van der Waals surface area contributed by atoms with Gasteiger partial charge in [0.25, 0.3) is 0 Å². The van der Waals surface area contributed by atoms with Gasteiger partial charge >= 0.3 is 16.9 Å². The van der Waals surface area contributed by atoms with E-state index in [9.17, 15) is 18.8 Å². The van der Waals surface area contributed by atoms with E-state index in [1.54, 1.807) is 45.9 Å². The molecule has 2 atom stereocenters. The molecule has 1 saturated heterocycles. The number of nitrogens with zero attached hydrogens (tertiary/aromatic N) is 2. The van der Waals surface area contributed by atoms with Crippen LogP contribution in [0.1, 0.15) is 33.3 Å². The maximum absolute atomic E-state index is 13.0. The predicted octanol–water partition coefficient (Wildman–Crippen LogP) is 4.37. The number of alkyl carbamates (subject to hydrolysis) is 1. The number of anilines is 2. The highest BCUT2D eigenvalue weighted by molar-refractivity contribution is 6.93. The zero-order chi connectivity index (χ0) is 24.9. The molecule has 2 aliphatic heterocycles. The fourth-order valence-electron chi connectivity index (χ4n) is 3.40. The summed E-state index contributed by atoms with van der Waals surface area (Å²) in [6, 6.07) is 4.65. The van der Waals surface area contributed by atoms with E-state index >= 15 is 0 Å². The highest BCUT2D eigenvalue weighted by Crippen LogP contribution is 2.35. The van der Waals surface area contributed by atoms with Gasteiger partial charge in [-0.15, -0.1) is 0 Å². The maximum atomic E-state index is 13.0. The molecule has 1 N–H and O–H groups in total. The summed E-state index contributed by atoms with van der Waals surface area (Å²) in [4.78, 5) is 48.2. The number of hydrogen-bond acceptors (Lipinski definition) is 6.